The number of nitrogens with one attached hydrogen (secondary N) is 1. The third-order valence-corrected chi connectivity index (χ3v) is 3.77. The zero-order valence-corrected chi connectivity index (χ0v) is 12.5. The maximum absolute atomic E-state index is 12.2. The molecule has 1 heterocycles. The molecule has 1 aromatic rings. The summed E-state index contributed by atoms with van der Waals surface area (Å²) in [6.07, 6.45) is 4.56. The van der Waals surface area contributed by atoms with Crippen molar-refractivity contribution in [2.75, 3.05) is 13.2 Å². The van der Waals surface area contributed by atoms with Gasteiger partial charge in [0.15, 0.2) is 0 Å². The molecule has 0 aliphatic heterocycles. The Kier molecular flexibility index (Phi) is 5.43. The van der Waals surface area contributed by atoms with Crippen molar-refractivity contribution >= 4 is 11.6 Å². The number of aromatic amines is 1. The Bertz CT molecular complexity index is 561. The van der Waals surface area contributed by atoms with Crippen molar-refractivity contribution in [1.29, 1.82) is 0 Å². The van der Waals surface area contributed by atoms with E-state index >= 15 is 0 Å². The van der Waals surface area contributed by atoms with Gasteiger partial charge in [-0.15, -0.1) is 0 Å². The van der Waals surface area contributed by atoms with E-state index in [1.54, 1.807) is 0 Å². The van der Waals surface area contributed by atoms with Crippen molar-refractivity contribution in [3.8, 4) is 0 Å². The second-order valence-electron chi connectivity index (χ2n) is 5.30. The largest absolute Gasteiger partial charge is 0.381 e. The molecule has 1 saturated carbocycles. The number of aromatic nitrogens is 2. The molecule has 1 N–H and O–H groups in total. The van der Waals surface area contributed by atoms with Gasteiger partial charge in [-0.05, 0) is 31.6 Å². The molecule has 5 nitrogen and oxygen atoms in total. The van der Waals surface area contributed by atoms with Gasteiger partial charge in [0.05, 0.1) is 5.56 Å². The van der Waals surface area contributed by atoms with Crippen LogP contribution >= 0.6 is 11.6 Å². The molecule has 1 aliphatic carbocycles. The first-order valence-electron chi connectivity index (χ1n) is 7.22. The standard InChI is InChI=1S/C14H21ClN2O3/c1-2-4-11-12(15)16-14(19)17(13(11)18)7-3-8-20-9-10-5-6-10/h10H,2-9H2,1H3,(H,16,19). The van der Waals surface area contributed by atoms with E-state index in [0.717, 1.165) is 18.9 Å². The summed E-state index contributed by atoms with van der Waals surface area (Å²) in [6.45, 7) is 3.71. The molecule has 6 heteroatoms. The van der Waals surface area contributed by atoms with Gasteiger partial charge in [0, 0.05) is 19.8 Å². The predicted octanol–water partition coefficient (Wildman–Crippen LogP) is 1.96. The van der Waals surface area contributed by atoms with Crippen LogP contribution in [-0.2, 0) is 17.7 Å². The molecule has 0 atom stereocenters. The van der Waals surface area contributed by atoms with Crippen molar-refractivity contribution < 1.29 is 4.74 Å². The van der Waals surface area contributed by atoms with Crippen LogP contribution < -0.4 is 11.2 Å². The second kappa shape index (κ2) is 7.09. The van der Waals surface area contributed by atoms with Crippen molar-refractivity contribution in [2.24, 2.45) is 5.92 Å². The lowest BCUT2D eigenvalue weighted by molar-refractivity contribution is 0.119. The zero-order chi connectivity index (χ0) is 14.5. The van der Waals surface area contributed by atoms with Crippen LogP contribution in [0.2, 0.25) is 5.15 Å². The predicted molar refractivity (Wildman–Crippen MR) is 78.5 cm³/mol. The summed E-state index contributed by atoms with van der Waals surface area (Å²) in [5.41, 5.74) is -0.225. The molecular weight excluding hydrogens is 280 g/mol. The Morgan fingerprint density at radius 2 is 2.15 bits per heavy atom. The molecule has 0 saturated heterocycles. The lowest BCUT2D eigenvalue weighted by Gasteiger charge is -2.08. The normalized spacial score (nSPS) is 14.7. The molecule has 20 heavy (non-hydrogen) atoms. The van der Waals surface area contributed by atoms with Gasteiger partial charge in [-0.25, -0.2) is 4.79 Å². The minimum absolute atomic E-state index is 0.170. The number of H-pyrrole nitrogens is 1. The monoisotopic (exact) mass is 300 g/mol. The Hall–Kier alpha value is -1.07. The summed E-state index contributed by atoms with van der Waals surface area (Å²) in [5, 5.41) is 0.170. The van der Waals surface area contributed by atoms with Crippen LogP contribution in [0.5, 0.6) is 0 Å². The minimum atomic E-state index is -0.443. The number of ether oxygens (including phenoxy) is 1. The highest BCUT2D eigenvalue weighted by molar-refractivity contribution is 6.30. The number of nitrogens with zero attached hydrogens (tertiary/aromatic N) is 1. The Morgan fingerprint density at radius 3 is 2.80 bits per heavy atom. The quantitative estimate of drug-likeness (QED) is 0.589. The maximum Gasteiger partial charge on any atom is 0.329 e. The highest BCUT2D eigenvalue weighted by Gasteiger charge is 2.20. The lowest BCUT2D eigenvalue weighted by Crippen LogP contribution is -2.37. The van der Waals surface area contributed by atoms with E-state index in [2.05, 4.69) is 4.98 Å². The van der Waals surface area contributed by atoms with Gasteiger partial charge >= 0.3 is 5.69 Å². The van der Waals surface area contributed by atoms with E-state index in [-0.39, 0.29) is 10.7 Å². The zero-order valence-electron chi connectivity index (χ0n) is 11.8. The Balaban J connectivity index is 1.96. The Labute approximate surface area is 122 Å². The van der Waals surface area contributed by atoms with Gasteiger partial charge in [0.25, 0.3) is 5.56 Å². The molecule has 0 radical (unpaired) electrons. The highest BCUT2D eigenvalue weighted by atomic mass is 35.5. The smallest absolute Gasteiger partial charge is 0.329 e. The molecule has 0 unspecified atom stereocenters. The van der Waals surface area contributed by atoms with Gasteiger partial charge in [-0.3, -0.25) is 14.3 Å². The van der Waals surface area contributed by atoms with E-state index in [1.807, 2.05) is 6.92 Å². The van der Waals surface area contributed by atoms with E-state index in [4.69, 9.17) is 16.3 Å². The minimum Gasteiger partial charge on any atom is -0.381 e. The lowest BCUT2D eigenvalue weighted by atomic mass is 10.2. The van der Waals surface area contributed by atoms with Gasteiger partial charge in [0.2, 0.25) is 0 Å². The molecule has 0 amide bonds. The van der Waals surface area contributed by atoms with Crippen LogP contribution in [0.15, 0.2) is 9.59 Å². The van der Waals surface area contributed by atoms with Gasteiger partial charge in [0.1, 0.15) is 5.15 Å². The number of hydrogen-bond donors (Lipinski definition) is 1. The molecule has 0 bridgehead atoms. The number of halogens is 1. The van der Waals surface area contributed by atoms with Crippen molar-refractivity contribution in [2.45, 2.75) is 45.6 Å². The van der Waals surface area contributed by atoms with Gasteiger partial charge in [-0.2, -0.15) is 0 Å². The summed E-state index contributed by atoms with van der Waals surface area (Å²) < 4.78 is 6.73. The van der Waals surface area contributed by atoms with Crippen LogP contribution in [0, 0.1) is 5.92 Å². The Morgan fingerprint density at radius 1 is 1.40 bits per heavy atom. The number of hydrogen-bond acceptors (Lipinski definition) is 3. The summed E-state index contributed by atoms with van der Waals surface area (Å²) in [4.78, 5) is 26.5. The summed E-state index contributed by atoms with van der Waals surface area (Å²) in [5.74, 6) is 0.729. The molecule has 2 rings (SSSR count). The first-order chi connectivity index (χ1) is 9.63. The second-order valence-corrected chi connectivity index (χ2v) is 5.68. The van der Waals surface area contributed by atoms with E-state index in [9.17, 15) is 9.59 Å². The first kappa shape index (κ1) is 15.3. The first-order valence-corrected chi connectivity index (χ1v) is 7.60. The van der Waals surface area contributed by atoms with E-state index < -0.39 is 5.69 Å². The van der Waals surface area contributed by atoms with E-state index in [0.29, 0.717) is 31.6 Å². The van der Waals surface area contributed by atoms with Crippen molar-refractivity contribution in [3.63, 3.8) is 0 Å². The molecule has 0 spiro atoms. The molecule has 1 aliphatic rings. The van der Waals surface area contributed by atoms with Crippen molar-refractivity contribution in [3.05, 3.63) is 31.6 Å². The van der Waals surface area contributed by atoms with Gasteiger partial charge in [-0.1, -0.05) is 24.9 Å². The average Bonchev–Trinajstić information content (AvgIpc) is 3.21. The summed E-state index contributed by atoms with van der Waals surface area (Å²) in [6, 6.07) is 0. The summed E-state index contributed by atoms with van der Waals surface area (Å²) >= 11 is 5.92. The van der Waals surface area contributed by atoms with Crippen LogP contribution in [-0.4, -0.2) is 22.8 Å². The number of rotatable bonds is 8. The maximum atomic E-state index is 12.2. The van der Waals surface area contributed by atoms with Gasteiger partial charge < -0.3 is 4.74 Å². The third kappa shape index (κ3) is 3.96. The van der Waals surface area contributed by atoms with Crippen LogP contribution in [0.1, 0.15) is 38.2 Å². The molecular formula is C14H21ClN2O3. The van der Waals surface area contributed by atoms with Crippen LogP contribution in [0.3, 0.4) is 0 Å². The molecule has 1 aromatic heterocycles. The average molecular weight is 301 g/mol. The molecule has 112 valence electrons. The van der Waals surface area contributed by atoms with Crippen LogP contribution in [0.4, 0.5) is 0 Å². The molecule has 0 aromatic carbocycles. The van der Waals surface area contributed by atoms with Crippen LogP contribution in [0.25, 0.3) is 0 Å². The topological polar surface area (TPSA) is 64.1 Å². The van der Waals surface area contributed by atoms with Crippen molar-refractivity contribution in [1.82, 2.24) is 9.55 Å². The fraction of sp³-hybridized carbons (Fsp3) is 0.714. The highest BCUT2D eigenvalue weighted by Crippen LogP contribution is 2.28. The summed E-state index contributed by atoms with van der Waals surface area (Å²) in [7, 11) is 0. The SMILES string of the molecule is CCCc1c(Cl)[nH]c(=O)n(CCCOCC2CC2)c1=O. The third-order valence-electron chi connectivity index (χ3n) is 3.45. The fourth-order valence-corrected chi connectivity index (χ4v) is 2.37. The molecule has 1 fully saturated rings. The fourth-order valence-electron chi connectivity index (χ4n) is 2.11. The van der Waals surface area contributed by atoms with E-state index in [1.165, 1.54) is 17.4 Å².